The zero-order valence-corrected chi connectivity index (χ0v) is 31.7. The first kappa shape index (κ1) is 46.6. The maximum absolute atomic E-state index is 12.6. The first-order valence-corrected chi connectivity index (χ1v) is 20.0. The summed E-state index contributed by atoms with van der Waals surface area (Å²) in [6.45, 7) is 7.30. The Morgan fingerprint density at radius 1 is 0.479 bits per heavy atom. The van der Waals surface area contributed by atoms with Crippen LogP contribution in [0, 0.1) is 0 Å². The van der Waals surface area contributed by atoms with Crippen LogP contribution in [0.1, 0.15) is 182 Å². The summed E-state index contributed by atoms with van der Waals surface area (Å²) in [6.07, 6.45) is 36.7. The lowest BCUT2D eigenvalue weighted by atomic mass is 9.67. The van der Waals surface area contributed by atoms with Crippen molar-refractivity contribution in [2.24, 2.45) is 0 Å². The maximum Gasteiger partial charge on any atom is 0.157 e. The number of hydrogen-bond acceptors (Lipinski definition) is 6. The number of hydrogen-bond donors (Lipinski definition) is 5. The Morgan fingerprint density at radius 2 is 0.854 bits per heavy atom. The molecule has 0 aliphatic rings. The fourth-order valence-electron chi connectivity index (χ4n) is 6.17. The summed E-state index contributed by atoms with van der Waals surface area (Å²) < 4.78 is 5.99. The first-order chi connectivity index (χ1) is 23.3. The molecule has 0 heterocycles. The molecule has 0 aliphatic carbocycles. The zero-order chi connectivity index (χ0) is 35.8. The monoisotopic (exact) mass is 679 g/mol. The van der Waals surface area contributed by atoms with Gasteiger partial charge in [0.2, 0.25) is 0 Å². The topological polar surface area (TPSA) is 110 Å². The largest absolute Gasteiger partial charge is 0.492 e. The van der Waals surface area contributed by atoms with Crippen molar-refractivity contribution in [2.45, 2.75) is 205 Å². The molecule has 0 aromatic rings. The molecule has 0 saturated carbocycles. The van der Waals surface area contributed by atoms with E-state index in [2.05, 4.69) is 27.7 Å². The van der Waals surface area contributed by atoms with E-state index >= 15 is 0 Å². The summed E-state index contributed by atoms with van der Waals surface area (Å²) in [7, 11) is 0. The minimum Gasteiger partial charge on any atom is -0.492 e. The highest BCUT2D eigenvalue weighted by molar-refractivity contribution is 5.33. The van der Waals surface area contributed by atoms with Crippen molar-refractivity contribution in [1.29, 1.82) is 0 Å². The average molecular weight is 679 g/mol. The second-order valence-electron chi connectivity index (χ2n) is 13.9. The first-order valence-electron chi connectivity index (χ1n) is 20.0. The van der Waals surface area contributed by atoms with E-state index in [0.717, 1.165) is 96.3 Å². The molecule has 5 N–H and O–H groups in total. The molecule has 6 nitrogen and oxygen atoms in total. The maximum atomic E-state index is 12.6. The second kappa shape index (κ2) is 30.4. The number of aliphatic hydroxyl groups is 5. The molecular formula is C42H78O6. The Balaban J connectivity index is 6.49. The highest BCUT2D eigenvalue weighted by atomic mass is 16.5. The summed E-state index contributed by atoms with van der Waals surface area (Å²) >= 11 is 0. The lowest BCUT2D eigenvalue weighted by Gasteiger charge is -2.50. The molecule has 0 fully saturated rings. The fourth-order valence-corrected chi connectivity index (χ4v) is 6.17. The van der Waals surface area contributed by atoms with Gasteiger partial charge >= 0.3 is 0 Å². The second-order valence-corrected chi connectivity index (χ2v) is 13.9. The van der Waals surface area contributed by atoms with E-state index in [0.29, 0.717) is 19.3 Å². The molecule has 0 spiro atoms. The third-order valence-corrected chi connectivity index (χ3v) is 9.53. The molecule has 0 saturated heterocycles. The van der Waals surface area contributed by atoms with E-state index in [1.54, 1.807) is 12.2 Å². The van der Waals surface area contributed by atoms with Crippen LogP contribution in [-0.4, -0.2) is 61.7 Å². The van der Waals surface area contributed by atoms with Gasteiger partial charge in [-0.05, 0) is 63.5 Å². The van der Waals surface area contributed by atoms with Crippen molar-refractivity contribution in [3.05, 3.63) is 48.8 Å². The van der Waals surface area contributed by atoms with Crippen molar-refractivity contribution >= 4 is 0 Å². The summed E-state index contributed by atoms with van der Waals surface area (Å²) in [6, 6.07) is 0. The molecule has 0 amide bonds. The van der Waals surface area contributed by atoms with Gasteiger partial charge in [-0.25, -0.2) is 0 Å². The van der Waals surface area contributed by atoms with Crippen LogP contribution in [0.15, 0.2) is 48.8 Å². The molecule has 282 valence electrons. The fraction of sp³-hybridized carbons (Fsp3) is 0.810. The van der Waals surface area contributed by atoms with E-state index in [1.165, 1.54) is 63.0 Å². The van der Waals surface area contributed by atoms with E-state index < -0.39 is 36.1 Å². The van der Waals surface area contributed by atoms with Crippen molar-refractivity contribution in [3.8, 4) is 0 Å². The predicted molar refractivity (Wildman–Crippen MR) is 204 cm³/mol. The summed E-state index contributed by atoms with van der Waals surface area (Å²) in [5.74, 6) is 0. The standard InChI is InChI=1S/C42H78O6/c1-5-9-13-17-21-25-29-33-40(45,38-44)42(47,35-31-27-23-19-15-11-7-3)41(46,34-30-26-22-18-14-10-6-2)39(37-43)48-36-32-28-24-20-16-12-8-4/h29-36,39,43-47H,5-28,37-38H2,1-4H3/t39-,40+,41-,42-/m1/s1. The van der Waals surface area contributed by atoms with Crippen LogP contribution in [0.4, 0.5) is 0 Å². The minimum atomic E-state index is -2.41. The van der Waals surface area contributed by atoms with Crippen molar-refractivity contribution in [1.82, 2.24) is 0 Å². The molecule has 0 aromatic heterocycles. The summed E-state index contributed by atoms with van der Waals surface area (Å²) in [5, 5.41) is 58.5. The molecule has 0 unspecified atom stereocenters. The highest BCUT2D eigenvalue weighted by Gasteiger charge is 2.62. The molecule has 6 heteroatoms. The Hall–Kier alpha value is -1.44. The number of allylic oxidation sites excluding steroid dienone is 4. The molecule has 0 aliphatic heterocycles. The number of ether oxygens (including phenoxy) is 1. The van der Waals surface area contributed by atoms with E-state index in [-0.39, 0.29) is 0 Å². The molecule has 0 aromatic carbocycles. The van der Waals surface area contributed by atoms with Gasteiger partial charge in [0.15, 0.2) is 17.3 Å². The van der Waals surface area contributed by atoms with Crippen LogP contribution in [0.5, 0.6) is 0 Å². The van der Waals surface area contributed by atoms with Crippen LogP contribution in [-0.2, 0) is 4.74 Å². The summed E-state index contributed by atoms with van der Waals surface area (Å²) in [5.41, 5.74) is -6.91. The van der Waals surface area contributed by atoms with Crippen molar-refractivity contribution < 1.29 is 30.3 Å². The highest BCUT2D eigenvalue weighted by Crippen LogP contribution is 2.41. The zero-order valence-electron chi connectivity index (χ0n) is 31.7. The van der Waals surface area contributed by atoms with Gasteiger partial charge in [-0.3, -0.25) is 0 Å². The van der Waals surface area contributed by atoms with Crippen LogP contribution < -0.4 is 0 Å². The Labute approximate surface area is 296 Å². The molecular weight excluding hydrogens is 600 g/mol. The van der Waals surface area contributed by atoms with Gasteiger partial charge < -0.3 is 30.3 Å². The smallest absolute Gasteiger partial charge is 0.157 e. The molecule has 0 radical (unpaired) electrons. The lowest BCUT2D eigenvalue weighted by molar-refractivity contribution is -0.230. The number of rotatable bonds is 34. The Kier molecular flexibility index (Phi) is 29.5. The molecule has 0 rings (SSSR count). The van der Waals surface area contributed by atoms with E-state index in [4.69, 9.17) is 4.74 Å². The van der Waals surface area contributed by atoms with Gasteiger partial charge in [0, 0.05) is 0 Å². The predicted octanol–water partition coefficient (Wildman–Crippen LogP) is 10.2. The van der Waals surface area contributed by atoms with Crippen LogP contribution in [0.2, 0.25) is 0 Å². The van der Waals surface area contributed by atoms with Crippen molar-refractivity contribution in [2.75, 3.05) is 13.2 Å². The van der Waals surface area contributed by atoms with Gasteiger partial charge in [0.1, 0.15) is 5.60 Å². The Morgan fingerprint density at radius 3 is 1.25 bits per heavy atom. The quantitative estimate of drug-likeness (QED) is 0.0263. The third kappa shape index (κ3) is 18.5. The molecule has 0 bridgehead atoms. The minimum absolute atomic E-state index is 0.603. The van der Waals surface area contributed by atoms with Gasteiger partial charge in [-0.15, -0.1) is 0 Å². The number of unbranched alkanes of at least 4 members (excludes halogenated alkanes) is 20. The third-order valence-electron chi connectivity index (χ3n) is 9.53. The average Bonchev–Trinajstić information content (AvgIpc) is 3.09. The molecule has 4 atom stereocenters. The van der Waals surface area contributed by atoms with Crippen LogP contribution in [0.25, 0.3) is 0 Å². The van der Waals surface area contributed by atoms with Crippen molar-refractivity contribution in [3.63, 3.8) is 0 Å². The van der Waals surface area contributed by atoms with E-state index in [1.807, 2.05) is 12.2 Å². The Bertz CT molecular complexity index is 838. The summed E-state index contributed by atoms with van der Waals surface area (Å²) in [4.78, 5) is 0. The lowest BCUT2D eigenvalue weighted by Crippen LogP contribution is -2.71. The van der Waals surface area contributed by atoms with Crippen LogP contribution >= 0.6 is 0 Å². The van der Waals surface area contributed by atoms with Gasteiger partial charge in [-0.2, -0.15) is 0 Å². The van der Waals surface area contributed by atoms with Gasteiger partial charge in [-0.1, -0.05) is 161 Å². The normalized spacial score (nSPS) is 17.0. The SMILES string of the molecule is CCCCCCCC=CO[C@H](CO)[C@](O)(C=CCCCCCCC)[C@@](O)(C=CCCCCCCC)[C@](O)(C=CCCCCCCC)CO. The van der Waals surface area contributed by atoms with E-state index in [9.17, 15) is 25.5 Å². The molecule has 48 heavy (non-hydrogen) atoms. The number of aliphatic hydroxyl groups excluding tert-OH is 2. The van der Waals surface area contributed by atoms with Gasteiger partial charge in [0.25, 0.3) is 0 Å². The van der Waals surface area contributed by atoms with Gasteiger partial charge in [0.05, 0.1) is 19.5 Å². The van der Waals surface area contributed by atoms with Crippen LogP contribution in [0.3, 0.4) is 0 Å².